The summed E-state index contributed by atoms with van der Waals surface area (Å²) in [4.78, 5) is 7.15. The number of hydrogen-bond acceptors (Lipinski definition) is 2. The maximum Gasteiger partial charge on any atom is 0.192 e. The molecular formula is C27H38N4. The average Bonchev–Trinajstić information content (AvgIpc) is 2.82. The first-order chi connectivity index (χ1) is 15.1. The molecular weight excluding hydrogens is 380 g/mol. The van der Waals surface area contributed by atoms with Crippen molar-refractivity contribution in [1.29, 1.82) is 0 Å². The monoisotopic (exact) mass is 418 g/mol. The lowest BCUT2D eigenvalue weighted by atomic mass is 9.83. The number of unbranched alkanes of at least 4 members (excludes halogenated alkanes) is 1. The normalized spacial score (nSPS) is 12.8. The van der Waals surface area contributed by atoms with Crippen molar-refractivity contribution >= 4 is 5.96 Å². The van der Waals surface area contributed by atoms with Crippen molar-refractivity contribution in [2.24, 2.45) is 16.6 Å². The van der Waals surface area contributed by atoms with Gasteiger partial charge in [0.25, 0.3) is 0 Å². The predicted octanol–water partition coefficient (Wildman–Crippen LogP) is 5.29. The van der Waals surface area contributed by atoms with E-state index in [2.05, 4.69) is 54.6 Å². The summed E-state index contributed by atoms with van der Waals surface area (Å²) in [6.45, 7) is 11.9. The molecule has 1 unspecified atom stereocenters. The van der Waals surface area contributed by atoms with Crippen LogP contribution in [0.15, 0.2) is 91.1 Å². The molecule has 4 nitrogen and oxygen atoms in total. The summed E-state index contributed by atoms with van der Waals surface area (Å²) in [6, 6.07) is 20.4. The predicted molar refractivity (Wildman–Crippen MR) is 134 cm³/mol. The van der Waals surface area contributed by atoms with Crippen molar-refractivity contribution in [2.45, 2.75) is 38.1 Å². The SMILES string of the molecule is C=CNCCC(CCCC)CN(C)C(N)=NC(C=C)(c1ccccc1)c1ccccc1. The third kappa shape index (κ3) is 6.74. The van der Waals surface area contributed by atoms with Crippen LogP contribution in [0, 0.1) is 5.92 Å². The topological polar surface area (TPSA) is 53.6 Å². The van der Waals surface area contributed by atoms with Crippen molar-refractivity contribution in [3.8, 4) is 0 Å². The van der Waals surface area contributed by atoms with Crippen molar-refractivity contribution in [2.75, 3.05) is 20.1 Å². The Morgan fingerprint density at radius 1 is 1.06 bits per heavy atom. The van der Waals surface area contributed by atoms with Crippen LogP contribution in [-0.4, -0.2) is 31.0 Å². The highest BCUT2D eigenvalue weighted by Gasteiger charge is 2.31. The molecule has 2 rings (SSSR count). The van der Waals surface area contributed by atoms with E-state index in [1.54, 1.807) is 6.20 Å². The second kappa shape index (κ2) is 12.6. The van der Waals surface area contributed by atoms with Crippen LogP contribution in [0.2, 0.25) is 0 Å². The van der Waals surface area contributed by atoms with Crippen LogP contribution < -0.4 is 11.1 Å². The van der Waals surface area contributed by atoms with Gasteiger partial charge in [-0.2, -0.15) is 0 Å². The molecule has 0 saturated heterocycles. The van der Waals surface area contributed by atoms with Gasteiger partial charge in [0.05, 0.1) is 0 Å². The Bertz CT molecular complexity index is 774. The molecule has 0 aromatic heterocycles. The fraction of sp³-hybridized carbons (Fsp3) is 0.370. The summed E-state index contributed by atoms with van der Waals surface area (Å²) in [5.74, 6) is 1.06. The second-order valence-corrected chi connectivity index (χ2v) is 8.01. The Morgan fingerprint density at radius 2 is 1.65 bits per heavy atom. The largest absolute Gasteiger partial charge is 0.391 e. The van der Waals surface area contributed by atoms with Gasteiger partial charge in [0.2, 0.25) is 0 Å². The van der Waals surface area contributed by atoms with Crippen LogP contribution >= 0.6 is 0 Å². The van der Waals surface area contributed by atoms with E-state index in [4.69, 9.17) is 10.7 Å². The third-order valence-electron chi connectivity index (χ3n) is 5.74. The van der Waals surface area contributed by atoms with Crippen LogP contribution in [0.1, 0.15) is 43.7 Å². The van der Waals surface area contributed by atoms with Gasteiger partial charge in [-0.1, -0.05) is 99.7 Å². The molecule has 0 radical (unpaired) electrons. The van der Waals surface area contributed by atoms with E-state index >= 15 is 0 Å². The van der Waals surface area contributed by atoms with E-state index in [1.807, 2.05) is 49.5 Å². The van der Waals surface area contributed by atoms with E-state index in [0.29, 0.717) is 11.9 Å². The average molecular weight is 419 g/mol. The van der Waals surface area contributed by atoms with Crippen LogP contribution in [0.4, 0.5) is 0 Å². The lowest BCUT2D eigenvalue weighted by molar-refractivity contribution is 0.334. The molecule has 0 aliphatic carbocycles. The molecule has 0 aliphatic heterocycles. The van der Waals surface area contributed by atoms with E-state index < -0.39 is 5.54 Å². The van der Waals surface area contributed by atoms with Crippen LogP contribution in [0.3, 0.4) is 0 Å². The zero-order valence-corrected chi connectivity index (χ0v) is 19.1. The van der Waals surface area contributed by atoms with Crippen LogP contribution in [0.5, 0.6) is 0 Å². The number of aliphatic imine (C=N–C) groups is 1. The van der Waals surface area contributed by atoms with Crippen molar-refractivity contribution in [3.05, 3.63) is 97.2 Å². The Hall–Kier alpha value is -3.01. The molecule has 4 heteroatoms. The van der Waals surface area contributed by atoms with Gasteiger partial charge < -0.3 is 16.0 Å². The highest BCUT2D eigenvalue weighted by molar-refractivity contribution is 5.79. The van der Waals surface area contributed by atoms with Gasteiger partial charge in [-0.3, -0.25) is 0 Å². The summed E-state index contributed by atoms with van der Waals surface area (Å²) in [5.41, 5.74) is 7.94. The molecule has 2 aromatic rings. The van der Waals surface area contributed by atoms with Gasteiger partial charge in [-0.15, -0.1) is 0 Å². The molecule has 0 bridgehead atoms. The first-order valence-corrected chi connectivity index (χ1v) is 11.2. The lowest BCUT2D eigenvalue weighted by Crippen LogP contribution is -2.40. The van der Waals surface area contributed by atoms with Crippen LogP contribution in [0.25, 0.3) is 0 Å². The van der Waals surface area contributed by atoms with Gasteiger partial charge >= 0.3 is 0 Å². The summed E-state index contributed by atoms with van der Waals surface area (Å²) in [7, 11) is 2.03. The number of nitrogens with zero attached hydrogens (tertiary/aromatic N) is 2. The zero-order chi connectivity index (χ0) is 22.5. The Labute approximate surface area is 188 Å². The number of nitrogens with one attached hydrogen (secondary N) is 1. The first kappa shape index (κ1) is 24.3. The highest BCUT2D eigenvalue weighted by atomic mass is 15.2. The van der Waals surface area contributed by atoms with E-state index in [-0.39, 0.29) is 0 Å². The van der Waals surface area contributed by atoms with E-state index in [9.17, 15) is 0 Å². The minimum Gasteiger partial charge on any atom is -0.391 e. The third-order valence-corrected chi connectivity index (χ3v) is 5.74. The number of nitrogens with two attached hydrogens (primary N) is 1. The van der Waals surface area contributed by atoms with Crippen molar-refractivity contribution in [1.82, 2.24) is 10.2 Å². The number of guanidine groups is 1. The molecule has 3 N–H and O–H groups in total. The molecule has 0 aliphatic rings. The number of benzene rings is 2. The summed E-state index contributed by atoms with van der Waals surface area (Å²) in [6.07, 6.45) is 8.31. The minimum atomic E-state index is -0.732. The number of rotatable bonds is 13. The lowest BCUT2D eigenvalue weighted by Gasteiger charge is -2.31. The van der Waals surface area contributed by atoms with Crippen LogP contribution in [-0.2, 0) is 5.54 Å². The van der Waals surface area contributed by atoms with Gasteiger partial charge in [0, 0.05) is 20.1 Å². The van der Waals surface area contributed by atoms with Gasteiger partial charge in [-0.05, 0) is 36.1 Å². The Kier molecular flexibility index (Phi) is 9.89. The first-order valence-electron chi connectivity index (χ1n) is 11.2. The van der Waals surface area contributed by atoms with Gasteiger partial charge in [0.15, 0.2) is 5.96 Å². The molecule has 0 spiro atoms. The smallest absolute Gasteiger partial charge is 0.192 e. The van der Waals surface area contributed by atoms with E-state index in [0.717, 1.165) is 30.6 Å². The molecule has 1 atom stereocenters. The highest BCUT2D eigenvalue weighted by Crippen LogP contribution is 2.35. The second-order valence-electron chi connectivity index (χ2n) is 8.01. The minimum absolute atomic E-state index is 0.519. The van der Waals surface area contributed by atoms with E-state index in [1.165, 1.54) is 19.3 Å². The molecule has 166 valence electrons. The molecule has 0 saturated carbocycles. The fourth-order valence-corrected chi connectivity index (χ4v) is 3.92. The molecule has 0 fully saturated rings. The Balaban J connectivity index is 2.33. The molecule has 2 aromatic carbocycles. The Morgan fingerprint density at radius 3 is 2.13 bits per heavy atom. The van der Waals surface area contributed by atoms with Gasteiger partial charge in [-0.25, -0.2) is 4.99 Å². The summed E-state index contributed by atoms with van der Waals surface area (Å²) < 4.78 is 0. The molecule has 31 heavy (non-hydrogen) atoms. The maximum absolute atomic E-state index is 6.58. The summed E-state index contributed by atoms with van der Waals surface area (Å²) in [5, 5.41) is 3.22. The molecule has 0 heterocycles. The molecule has 0 amide bonds. The summed E-state index contributed by atoms with van der Waals surface area (Å²) >= 11 is 0. The number of hydrogen-bond donors (Lipinski definition) is 2. The van der Waals surface area contributed by atoms with Crippen molar-refractivity contribution < 1.29 is 0 Å². The maximum atomic E-state index is 6.58. The van der Waals surface area contributed by atoms with Gasteiger partial charge in [0.1, 0.15) is 5.54 Å². The standard InChI is InChI=1S/C27H38N4/c1-5-8-15-23(20-21-29-7-3)22-31(4)26(28)30-27(6-2,24-16-11-9-12-17-24)25-18-13-10-14-19-25/h6-7,9-14,16-19,23,29H,2-3,5,8,15,20-22H2,1,4H3,(H2,28,30). The quantitative estimate of drug-likeness (QED) is 0.201. The van der Waals surface area contributed by atoms with Crippen molar-refractivity contribution in [3.63, 3.8) is 0 Å². The zero-order valence-electron chi connectivity index (χ0n) is 19.1. The fourth-order valence-electron chi connectivity index (χ4n) is 3.92.